The van der Waals surface area contributed by atoms with Gasteiger partial charge in [-0.05, 0) is 37.5 Å². The Bertz CT molecular complexity index is 934. The molecule has 0 spiro atoms. The van der Waals surface area contributed by atoms with Gasteiger partial charge >= 0.3 is 0 Å². The quantitative estimate of drug-likeness (QED) is 0.603. The van der Waals surface area contributed by atoms with Crippen molar-refractivity contribution in [3.63, 3.8) is 0 Å². The first-order chi connectivity index (χ1) is 14.0. The van der Waals surface area contributed by atoms with E-state index in [9.17, 15) is 14.7 Å². The summed E-state index contributed by atoms with van der Waals surface area (Å²) in [7, 11) is 0. The van der Waals surface area contributed by atoms with Crippen LogP contribution >= 0.6 is 11.6 Å². The lowest BCUT2D eigenvalue weighted by molar-refractivity contribution is -0.126. The maximum atomic E-state index is 13.1. The van der Waals surface area contributed by atoms with Crippen molar-refractivity contribution in [3.05, 3.63) is 35.0 Å². The Labute approximate surface area is 174 Å². The lowest BCUT2D eigenvalue weighted by Gasteiger charge is -2.31. The van der Waals surface area contributed by atoms with Crippen molar-refractivity contribution < 1.29 is 14.7 Å². The molecule has 1 aliphatic rings. The number of benzene rings is 1. The number of hydrogen-bond donors (Lipinski definition) is 3. The third kappa shape index (κ3) is 4.89. The topological polar surface area (TPSA) is 107 Å². The molecule has 2 atom stereocenters. The highest BCUT2D eigenvalue weighted by molar-refractivity contribution is 6.31. The third-order valence-electron chi connectivity index (χ3n) is 5.40. The van der Waals surface area contributed by atoms with Crippen LogP contribution in [0.25, 0.3) is 10.9 Å². The standard InChI is InChI=1S/C21H25ClN4O3/c22-15-7-6-14-12-19(26(10-3-11-27)18(14)13-15)21(29)25-17-5-2-1-4-16(17)20(28)24-9-8-23/h6-7,12-13,16-17,27H,1-5,9-11H2,(H,24,28)(H,25,29)/t16-,17+/m1/s1. The molecule has 0 aliphatic heterocycles. The van der Waals surface area contributed by atoms with Crippen LogP contribution in [0.3, 0.4) is 0 Å². The Balaban J connectivity index is 1.84. The highest BCUT2D eigenvalue weighted by Gasteiger charge is 2.32. The minimum Gasteiger partial charge on any atom is -0.396 e. The van der Waals surface area contributed by atoms with E-state index in [4.69, 9.17) is 16.9 Å². The first kappa shape index (κ1) is 21.2. The number of nitriles is 1. The summed E-state index contributed by atoms with van der Waals surface area (Å²) in [5, 5.41) is 25.1. The molecular formula is C21H25ClN4O3. The van der Waals surface area contributed by atoms with Crippen molar-refractivity contribution in [1.29, 1.82) is 5.26 Å². The molecule has 29 heavy (non-hydrogen) atoms. The predicted molar refractivity (Wildman–Crippen MR) is 110 cm³/mol. The number of nitrogens with one attached hydrogen (secondary N) is 2. The van der Waals surface area contributed by atoms with E-state index in [1.54, 1.807) is 6.07 Å². The Kier molecular flexibility index (Phi) is 7.13. The molecule has 0 bridgehead atoms. The zero-order valence-electron chi connectivity index (χ0n) is 16.2. The number of aliphatic hydroxyl groups excluding tert-OH is 1. The largest absolute Gasteiger partial charge is 0.396 e. The van der Waals surface area contributed by atoms with Gasteiger partial charge in [0.1, 0.15) is 12.2 Å². The van der Waals surface area contributed by atoms with Crippen molar-refractivity contribution in [2.45, 2.75) is 44.7 Å². The number of aryl methyl sites for hydroxylation is 1. The van der Waals surface area contributed by atoms with E-state index in [0.29, 0.717) is 30.1 Å². The molecule has 1 heterocycles. The summed E-state index contributed by atoms with van der Waals surface area (Å²) >= 11 is 6.13. The first-order valence-corrected chi connectivity index (χ1v) is 10.3. The average molecular weight is 417 g/mol. The number of amides is 2. The SMILES string of the molecule is N#CCNC(=O)[C@@H]1CCCC[C@@H]1NC(=O)c1cc2ccc(Cl)cc2n1CCCO. The van der Waals surface area contributed by atoms with Crippen LogP contribution in [0.15, 0.2) is 24.3 Å². The van der Waals surface area contributed by atoms with Gasteiger partial charge in [-0.25, -0.2) is 0 Å². The zero-order chi connectivity index (χ0) is 20.8. The van der Waals surface area contributed by atoms with Gasteiger partial charge in [-0.15, -0.1) is 0 Å². The monoisotopic (exact) mass is 416 g/mol. The van der Waals surface area contributed by atoms with Gasteiger partial charge < -0.3 is 20.3 Å². The van der Waals surface area contributed by atoms with Crippen molar-refractivity contribution in [3.8, 4) is 6.07 Å². The third-order valence-corrected chi connectivity index (χ3v) is 5.63. The molecule has 3 rings (SSSR count). The van der Waals surface area contributed by atoms with E-state index < -0.39 is 0 Å². The number of fused-ring (bicyclic) bond motifs is 1. The second-order valence-corrected chi connectivity index (χ2v) is 7.74. The fourth-order valence-corrected chi connectivity index (χ4v) is 4.17. The second kappa shape index (κ2) is 9.77. The summed E-state index contributed by atoms with van der Waals surface area (Å²) in [6.45, 7) is 0.469. The summed E-state index contributed by atoms with van der Waals surface area (Å²) < 4.78 is 1.86. The molecule has 1 aliphatic carbocycles. The molecule has 7 nitrogen and oxygen atoms in total. The summed E-state index contributed by atoms with van der Waals surface area (Å²) in [6, 6.07) is 8.90. The fraction of sp³-hybridized carbons (Fsp3) is 0.476. The number of aliphatic hydroxyl groups is 1. The number of nitrogens with zero attached hydrogens (tertiary/aromatic N) is 2. The van der Waals surface area contributed by atoms with Gasteiger partial charge in [-0.1, -0.05) is 30.5 Å². The Hall–Kier alpha value is -2.56. The van der Waals surface area contributed by atoms with Gasteiger partial charge in [0.25, 0.3) is 5.91 Å². The summed E-state index contributed by atoms with van der Waals surface area (Å²) in [4.78, 5) is 25.5. The maximum absolute atomic E-state index is 13.1. The van der Waals surface area contributed by atoms with Gasteiger partial charge in [0.05, 0.1) is 17.5 Å². The van der Waals surface area contributed by atoms with Crippen molar-refractivity contribution in [2.24, 2.45) is 5.92 Å². The van der Waals surface area contributed by atoms with Crippen LogP contribution < -0.4 is 10.6 Å². The molecule has 1 aromatic carbocycles. The molecule has 2 aromatic rings. The minimum atomic E-state index is -0.342. The highest BCUT2D eigenvalue weighted by Crippen LogP contribution is 2.27. The second-order valence-electron chi connectivity index (χ2n) is 7.31. The van der Waals surface area contributed by atoms with Gasteiger partial charge in [0.2, 0.25) is 5.91 Å². The molecule has 0 saturated heterocycles. The molecule has 1 fully saturated rings. The van der Waals surface area contributed by atoms with E-state index in [0.717, 1.165) is 30.2 Å². The minimum absolute atomic E-state index is 0.0189. The van der Waals surface area contributed by atoms with Crippen LogP contribution in [0, 0.1) is 17.2 Å². The fourth-order valence-electron chi connectivity index (χ4n) is 4.00. The van der Waals surface area contributed by atoms with Gasteiger partial charge in [-0.3, -0.25) is 9.59 Å². The molecule has 0 unspecified atom stereocenters. The van der Waals surface area contributed by atoms with E-state index in [2.05, 4.69) is 10.6 Å². The zero-order valence-corrected chi connectivity index (χ0v) is 16.9. The summed E-state index contributed by atoms with van der Waals surface area (Å²) in [5.74, 6) is -0.782. The van der Waals surface area contributed by atoms with Gasteiger partial charge in [0, 0.05) is 29.6 Å². The van der Waals surface area contributed by atoms with Crippen molar-refractivity contribution in [1.82, 2.24) is 15.2 Å². The number of aromatic nitrogens is 1. The average Bonchev–Trinajstić information content (AvgIpc) is 3.08. The Morgan fingerprint density at radius 3 is 2.83 bits per heavy atom. The molecule has 1 aromatic heterocycles. The molecule has 1 saturated carbocycles. The smallest absolute Gasteiger partial charge is 0.268 e. The molecule has 3 N–H and O–H groups in total. The van der Waals surface area contributed by atoms with E-state index in [1.165, 1.54) is 0 Å². The molecule has 8 heteroatoms. The molecular weight excluding hydrogens is 392 g/mol. The first-order valence-electron chi connectivity index (χ1n) is 9.90. The summed E-state index contributed by atoms with van der Waals surface area (Å²) in [6.07, 6.45) is 3.78. The highest BCUT2D eigenvalue weighted by atomic mass is 35.5. The number of hydrogen-bond acceptors (Lipinski definition) is 4. The van der Waals surface area contributed by atoms with Crippen molar-refractivity contribution in [2.75, 3.05) is 13.2 Å². The molecule has 154 valence electrons. The van der Waals surface area contributed by atoms with E-state index >= 15 is 0 Å². The summed E-state index contributed by atoms with van der Waals surface area (Å²) in [5.41, 5.74) is 1.32. The number of rotatable bonds is 7. The molecule has 0 radical (unpaired) electrons. The van der Waals surface area contributed by atoms with Crippen LogP contribution in [0.5, 0.6) is 0 Å². The maximum Gasteiger partial charge on any atom is 0.268 e. The number of carbonyl (C=O) groups is 2. The van der Waals surface area contributed by atoms with Gasteiger partial charge in [0.15, 0.2) is 0 Å². The predicted octanol–water partition coefficient (Wildman–Crippen LogP) is 2.61. The Morgan fingerprint density at radius 2 is 2.07 bits per heavy atom. The van der Waals surface area contributed by atoms with Gasteiger partial charge in [-0.2, -0.15) is 5.26 Å². The van der Waals surface area contributed by atoms with E-state index in [1.807, 2.05) is 28.8 Å². The molecule has 2 amide bonds. The van der Waals surface area contributed by atoms with Crippen molar-refractivity contribution >= 4 is 34.3 Å². The number of halogens is 1. The lowest BCUT2D eigenvalue weighted by atomic mass is 9.83. The van der Waals surface area contributed by atoms with Crippen LogP contribution in [-0.2, 0) is 11.3 Å². The van der Waals surface area contributed by atoms with Crippen LogP contribution in [0.1, 0.15) is 42.6 Å². The van der Waals surface area contributed by atoms with Crippen LogP contribution in [-0.4, -0.2) is 40.7 Å². The van der Waals surface area contributed by atoms with Crippen LogP contribution in [0.2, 0.25) is 5.02 Å². The lowest BCUT2D eigenvalue weighted by Crippen LogP contribution is -2.48. The Morgan fingerprint density at radius 1 is 1.28 bits per heavy atom. The van der Waals surface area contributed by atoms with Crippen LogP contribution in [0.4, 0.5) is 0 Å². The normalized spacial score (nSPS) is 18.9. The number of carbonyl (C=O) groups excluding carboxylic acids is 2. The van der Waals surface area contributed by atoms with E-state index in [-0.39, 0.29) is 36.9 Å².